The molecule has 21 heavy (non-hydrogen) atoms. The van der Waals surface area contributed by atoms with Crippen LogP contribution in [0.1, 0.15) is 51.8 Å². The lowest BCUT2D eigenvalue weighted by molar-refractivity contribution is 0.00891. The summed E-state index contributed by atoms with van der Waals surface area (Å²) in [4.78, 5) is 23.0. The number of carbonyl (C=O) groups is 1. The van der Waals surface area contributed by atoms with Gasteiger partial charge >= 0.3 is 6.09 Å². The van der Waals surface area contributed by atoms with Gasteiger partial charge in [0.05, 0.1) is 11.7 Å². The molecule has 5 nitrogen and oxygen atoms in total. The molecule has 0 aromatic carbocycles. The van der Waals surface area contributed by atoms with Crippen LogP contribution in [0.15, 0.2) is 17.4 Å². The number of carbonyl (C=O) groups excluding carboxylic acids is 1. The van der Waals surface area contributed by atoms with Crippen molar-refractivity contribution in [3.05, 3.63) is 18.0 Å². The van der Waals surface area contributed by atoms with Crippen LogP contribution in [0.5, 0.6) is 0 Å². The van der Waals surface area contributed by atoms with Crippen molar-refractivity contribution in [3.8, 4) is 0 Å². The number of ether oxygens (including phenoxy) is 1. The van der Waals surface area contributed by atoms with Crippen LogP contribution in [0, 0.1) is 0 Å². The predicted octanol–water partition coefficient (Wildman–Crippen LogP) is 3.66. The normalized spacial score (nSPS) is 19.4. The fourth-order valence-electron chi connectivity index (χ4n) is 2.42. The quantitative estimate of drug-likeness (QED) is 0.616. The van der Waals surface area contributed by atoms with Gasteiger partial charge in [0.25, 0.3) is 0 Å². The highest BCUT2D eigenvalue weighted by atomic mass is 32.2. The number of hydrogen-bond donors (Lipinski definition) is 0. The first-order chi connectivity index (χ1) is 9.90. The monoisotopic (exact) mass is 309 g/mol. The smallest absolute Gasteiger partial charge is 0.410 e. The molecule has 1 aliphatic heterocycles. The largest absolute Gasteiger partial charge is 0.444 e. The molecule has 0 radical (unpaired) electrons. The fourth-order valence-corrected chi connectivity index (χ4v) is 2.78. The SMILES string of the molecule is CSc1nccc(C2CCCCN2C(=O)OC(C)(C)C)n1. The third kappa shape index (κ3) is 4.33. The average Bonchev–Trinajstić information content (AvgIpc) is 2.45. The van der Waals surface area contributed by atoms with E-state index in [2.05, 4.69) is 9.97 Å². The Morgan fingerprint density at radius 2 is 2.19 bits per heavy atom. The van der Waals surface area contributed by atoms with E-state index >= 15 is 0 Å². The van der Waals surface area contributed by atoms with Gasteiger partial charge in [0.15, 0.2) is 5.16 Å². The summed E-state index contributed by atoms with van der Waals surface area (Å²) in [7, 11) is 0. The molecule has 1 aromatic rings. The van der Waals surface area contributed by atoms with Gasteiger partial charge in [-0.1, -0.05) is 11.8 Å². The van der Waals surface area contributed by atoms with Gasteiger partial charge in [0.1, 0.15) is 5.60 Å². The minimum atomic E-state index is -0.477. The van der Waals surface area contributed by atoms with E-state index in [0.717, 1.165) is 36.7 Å². The summed E-state index contributed by atoms with van der Waals surface area (Å²) in [5.74, 6) is 0. The highest BCUT2D eigenvalue weighted by molar-refractivity contribution is 7.98. The number of hydrogen-bond acceptors (Lipinski definition) is 5. The maximum atomic E-state index is 12.4. The van der Waals surface area contributed by atoms with Gasteiger partial charge in [-0.15, -0.1) is 0 Å². The van der Waals surface area contributed by atoms with Gasteiger partial charge in [-0.3, -0.25) is 4.90 Å². The van der Waals surface area contributed by atoms with Gasteiger partial charge in [-0.05, 0) is 52.4 Å². The minimum Gasteiger partial charge on any atom is -0.444 e. The molecular weight excluding hydrogens is 286 g/mol. The Bertz CT molecular complexity index is 502. The van der Waals surface area contributed by atoms with Crippen molar-refractivity contribution in [1.82, 2.24) is 14.9 Å². The predicted molar refractivity (Wildman–Crippen MR) is 83.3 cm³/mol. The van der Waals surface area contributed by atoms with Gasteiger partial charge in [-0.25, -0.2) is 14.8 Å². The van der Waals surface area contributed by atoms with Gasteiger partial charge in [0.2, 0.25) is 0 Å². The second kappa shape index (κ2) is 6.64. The summed E-state index contributed by atoms with van der Waals surface area (Å²) in [5, 5.41) is 0.738. The lowest BCUT2D eigenvalue weighted by Gasteiger charge is -2.36. The zero-order valence-corrected chi connectivity index (χ0v) is 13.9. The molecule has 0 saturated carbocycles. The molecule has 1 amide bonds. The topological polar surface area (TPSA) is 55.3 Å². The van der Waals surface area contributed by atoms with E-state index in [1.165, 1.54) is 11.8 Å². The summed E-state index contributed by atoms with van der Waals surface area (Å²) in [6, 6.07) is 1.88. The van der Waals surface area contributed by atoms with Crippen LogP contribution in [-0.4, -0.2) is 39.4 Å². The molecule has 0 spiro atoms. The molecule has 116 valence electrons. The maximum absolute atomic E-state index is 12.4. The highest BCUT2D eigenvalue weighted by Gasteiger charge is 2.32. The van der Waals surface area contributed by atoms with Crippen molar-refractivity contribution >= 4 is 17.9 Å². The fraction of sp³-hybridized carbons (Fsp3) is 0.667. The number of nitrogens with zero attached hydrogens (tertiary/aromatic N) is 3. The molecule has 1 aliphatic rings. The zero-order chi connectivity index (χ0) is 15.5. The maximum Gasteiger partial charge on any atom is 0.410 e. The second-order valence-corrected chi connectivity index (χ2v) is 6.93. The van der Waals surface area contributed by atoms with Crippen LogP contribution in [0.25, 0.3) is 0 Å². The summed E-state index contributed by atoms with van der Waals surface area (Å²) < 4.78 is 5.52. The lowest BCUT2D eigenvalue weighted by Crippen LogP contribution is -2.42. The van der Waals surface area contributed by atoms with Crippen molar-refractivity contribution in [3.63, 3.8) is 0 Å². The Labute approximate surface area is 130 Å². The summed E-state index contributed by atoms with van der Waals surface area (Å²) in [6.07, 6.45) is 6.49. The highest BCUT2D eigenvalue weighted by Crippen LogP contribution is 2.31. The molecule has 0 bridgehead atoms. The first-order valence-electron chi connectivity index (χ1n) is 7.27. The zero-order valence-electron chi connectivity index (χ0n) is 13.1. The van der Waals surface area contributed by atoms with Crippen molar-refractivity contribution < 1.29 is 9.53 Å². The molecule has 1 fully saturated rings. The van der Waals surface area contributed by atoms with Crippen LogP contribution in [-0.2, 0) is 4.74 Å². The van der Waals surface area contributed by atoms with E-state index in [9.17, 15) is 4.79 Å². The van der Waals surface area contributed by atoms with E-state index in [-0.39, 0.29) is 12.1 Å². The van der Waals surface area contributed by atoms with E-state index in [1.807, 2.05) is 33.1 Å². The van der Waals surface area contributed by atoms with Crippen LogP contribution in [0.2, 0.25) is 0 Å². The Hall–Kier alpha value is -1.30. The van der Waals surface area contributed by atoms with Crippen LogP contribution < -0.4 is 0 Å². The second-order valence-electron chi connectivity index (χ2n) is 6.15. The van der Waals surface area contributed by atoms with Crippen molar-refractivity contribution in [2.75, 3.05) is 12.8 Å². The van der Waals surface area contributed by atoms with Gasteiger partial charge < -0.3 is 4.74 Å². The van der Waals surface area contributed by atoms with Gasteiger partial charge in [0, 0.05) is 12.7 Å². The summed E-state index contributed by atoms with van der Waals surface area (Å²) in [5.41, 5.74) is 0.426. The van der Waals surface area contributed by atoms with Crippen molar-refractivity contribution in [2.24, 2.45) is 0 Å². The Balaban J connectivity index is 2.20. The number of thioether (sulfide) groups is 1. The third-order valence-electron chi connectivity index (χ3n) is 3.31. The van der Waals surface area contributed by atoms with E-state index in [0.29, 0.717) is 0 Å². The summed E-state index contributed by atoms with van der Waals surface area (Å²) in [6.45, 7) is 6.39. The average molecular weight is 309 g/mol. The molecule has 1 unspecified atom stereocenters. The molecule has 2 heterocycles. The standard InChI is InChI=1S/C15H23N3O2S/c1-15(2,3)20-14(19)18-10-6-5-7-12(18)11-8-9-16-13(17-11)21-4/h8-9,12H,5-7,10H2,1-4H3. The third-order valence-corrected chi connectivity index (χ3v) is 3.87. The molecule has 0 aliphatic carbocycles. The van der Waals surface area contributed by atoms with Crippen LogP contribution in [0.4, 0.5) is 4.79 Å². The molecule has 6 heteroatoms. The Morgan fingerprint density at radius 3 is 2.86 bits per heavy atom. The van der Waals surface area contributed by atoms with Crippen LogP contribution >= 0.6 is 11.8 Å². The molecule has 2 rings (SSSR count). The Morgan fingerprint density at radius 1 is 1.43 bits per heavy atom. The number of amides is 1. The van der Waals surface area contributed by atoms with E-state index < -0.39 is 5.60 Å². The van der Waals surface area contributed by atoms with Gasteiger partial charge in [-0.2, -0.15) is 0 Å². The number of piperidine rings is 1. The number of likely N-dealkylation sites (tertiary alicyclic amines) is 1. The molecule has 1 aromatic heterocycles. The first-order valence-corrected chi connectivity index (χ1v) is 8.50. The Kier molecular flexibility index (Phi) is 5.08. The van der Waals surface area contributed by atoms with Crippen LogP contribution in [0.3, 0.4) is 0 Å². The summed E-state index contributed by atoms with van der Waals surface area (Å²) >= 11 is 1.51. The number of aromatic nitrogens is 2. The molecule has 1 saturated heterocycles. The molecule has 0 N–H and O–H groups in total. The molecule has 1 atom stereocenters. The lowest BCUT2D eigenvalue weighted by atomic mass is 10.00. The van der Waals surface area contributed by atoms with Crippen molar-refractivity contribution in [2.45, 2.75) is 56.8 Å². The van der Waals surface area contributed by atoms with E-state index in [4.69, 9.17) is 4.74 Å². The van der Waals surface area contributed by atoms with Crippen molar-refractivity contribution in [1.29, 1.82) is 0 Å². The molecular formula is C15H23N3O2S. The first kappa shape index (κ1) is 16.1. The number of rotatable bonds is 2. The minimum absolute atomic E-state index is 0.0116. The van der Waals surface area contributed by atoms with E-state index in [1.54, 1.807) is 11.1 Å².